The van der Waals surface area contributed by atoms with Crippen molar-refractivity contribution in [2.75, 3.05) is 7.11 Å². The van der Waals surface area contributed by atoms with Crippen LogP contribution in [0.2, 0.25) is 0 Å². The van der Waals surface area contributed by atoms with E-state index in [-0.39, 0.29) is 28.0 Å². The van der Waals surface area contributed by atoms with Gasteiger partial charge >= 0.3 is 5.97 Å². The van der Waals surface area contributed by atoms with Crippen LogP contribution in [0, 0.1) is 6.92 Å². The molecule has 0 radical (unpaired) electrons. The second-order valence-corrected chi connectivity index (χ2v) is 10.5. The van der Waals surface area contributed by atoms with E-state index in [4.69, 9.17) is 4.74 Å². The Morgan fingerprint density at radius 1 is 0.943 bits per heavy atom. The van der Waals surface area contributed by atoms with Gasteiger partial charge in [-0.15, -0.1) is 0 Å². The van der Waals surface area contributed by atoms with Gasteiger partial charge in [0.1, 0.15) is 5.82 Å². The van der Waals surface area contributed by atoms with Crippen molar-refractivity contribution in [2.45, 2.75) is 43.0 Å². The first-order valence-corrected chi connectivity index (χ1v) is 12.9. The number of aryl methyl sites for hydroxylation is 1. The second-order valence-electron chi connectivity index (χ2n) is 8.67. The summed E-state index contributed by atoms with van der Waals surface area (Å²) in [5, 5.41) is -0.149. The maximum absolute atomic E-state index is 13.9. The number of imidazole rings is 1. The summed E-state index contributed by atoms with van der Waals surface area (Å²) in [6.07, 6.45) is -0.247. The molecule has 0 N–H and O–H groups in total. The quantitative estimate of drug-likeness (QED) is 0.320. The van der Waals surface area contributed by atoms with E-state index >= 15 is 0 Å². The molecule has 0 amide bonds. The molecule has 3 aromatic carbocycles. The van der Waals surface area contributed by atoms with Gasteiger partial charge in [0, 0.05) is 5.56 Å². The van der Waals surface area contributed by atoms with E-state index in [2.05, 4.69) is 18.8 Å². The maximum Gasteiger partial charge on any atom is 0.311 e. The van der Waals surface area contributed by atoms with E-state index in [1.54, 1.807) is 28.8 Å². The van der Waals surface area contributed by atoms with Crippen molar-refractivity contribution in [1.29, 1.82) is 0 Å². The van der Waals surface area contributed by atoms with Gasteiger partial charge in [-0.05, 0) is 36.6 Å². The molecule has 0 spiro atoms. The number of aromatic nitrogens is 2. The average Bonchev–Trinajstić information content (AvgIpc) is 3.24. The minimum Gasteiger partial charge on any atom is -0.469 e. The highest BCUT2D eigenvalue weighted by Gasteiger charge is 2.32. The van der Waals surface area contributed by atoms with E-state index in [1.165, 1.54) is 7.11 Å². The van der Waals surface area contributed by atoms with Gasteiger partial charge in [-0.2, -0.15) is 0 Å². The summed E-state index contributed by atoms with van der Waals surface area (Å²) in [6, 6.07) is 23.8. The monoisotopic (exact) mass is 488 g/mol. The van der Waals surface area contributed by atoms with Crippen LogP contribution in [-0.2, 0) is 25.8 Å². The van der Waals surface area contributed by atoms with Crippen LogP contribution in [0.4, 0.5) is 0 Å². The molecule has 0 bridgehead atoms. The van der Waals surface area contributed by atoms with Crippen molar-refractivity contribution in [3.8, 4) is 17.1 Å². The fourth-order valence-corrected chi connectivity index (χ4v) is 5.46. The highest BCUT2D eigenvalue weighted by molar-refractivity contribution is 7.91. The van der Waals surface area contributed by atoms with Crippen LogP contribution in [-0.4, -0.2) is 31.0 Å². The normalized spacial score (nSPS) is 11.6. The molecular formula is C28H28N2O4S. The van der Waals surface area contributed by atoms with Gasteiger partial charge in [-0.25, -0.2) is 13.4 Å². The van der Waals surface area contributed by atoms with Crippen LogP contribution in [0.15, 0.2) is 88.8 Å². The molecule has 180 valence electrons. The maximum atomic E-state index is 13.9. The molecule has 0 aliphatic rings. The van der Waals surface area contributed by atoms with Gasteiger partial charge in [0.25, 0.3) is 0 Å². The van der Waals surface area contributed by atoms with E-state index in [1.807, 2.05) is 61.5 Å². The Hall–Kier alpha value is -3.71. The zero-order chi connectivity index (χ0) is 25.2. The molecule has 7 heteroatoms. The van der Waals surface area contributed by atoms with Crippen molar-refractivity contribution < 1.29 is 17.9 Å². The van der Waals surface area contributed by atoms with E-state index in [0.717, 1.165) is 22.4 Å². The number of esters is 1. The van der Waals surface area contributed by atoms with E-state index in [9.17, 15) is 13.2 Å². The number of hydrogen-bond donors (Lipinski definition) is 0. The Morgan fingerprint density at radius 3 is 2.20 bits per heavy atom. The lowest BCUT2D eigenvalue weighted by molar-refractivity contribution is -0.139. The Morgan fingerprint density at radius 2 is 1.57 bits per heavy atom. The molecule has 1 aromatic heterocycles. The van der Waals surface area contributed by atoms with Crippen molar-refractivity contribution in [3.05, 3.63) is 95.7 Å². The smallest absolute Gasteiger partial charge is 0.311 e. The molecule has 4 rings (SSSR count). The molecule has 0 saturated carbocycles. The summed E-state index contributed by atoms with van der Waals surface area (Å²) in [6.45, 7) is 6.04. The second kappa shape index (κ2) is 9.88. The largest absolute Gasteiger partial charge is 0.469 e. The third-order valence-corrected chi connectivity index (χ3v) is 7.62. The topological polar surface area (TPSA) is 78.3 Å². The molecule has 0 fully saturated rings. The zero-order valence-electron chi connectivity index (χ0n) is 20.2. The number of para-hydroxylation sites is 1. The summed E-state index contributed by atoms with van der Waals surface area (Å²) in [5.74, 6) is 0.0526. The van der Waals surface area contributed by atoms with Crippen LogP contribution >= 0.6 is 0 Å². The number of ether oxygens (including phenoxy) is 1. The highest BCUT2D eigenvalue weighted by atomic mass is 32.2. The predicted molar refractivity (Wildman–Crippen MR) is 135 cm³/mol. The Bertz CT molecular complexity index is 1450. The lowest BCUT2D eigenvalue weighted by Crippen LogP contribution is -2.15. The number of sulfone groups is 1. The number of benzene rings is 3. The van der Waals surface area contributed by atoms with Crippen molar-refractivity contribution >= 4 is 15.8 Å². The number of nitrogens with zero attached hydrogens (tertiary/aromatic N) is 2. The summed E-state index contributed by atoms with van der Waals surface area (Å²) in [7, 11) is -2.74. The van der Waals surface area contributed by atoms with Crippen molar-refractivity contribution in [3.63, 3.8) is 0 Å². The first-order valence-electron chi connectivity index (χ1n) is 11.4. The number of hydrogen-bond acceptors (Lipinski definition) is 5. The zero-order valence-corrected chi connectivity index (χ0v) is 21.0. The third-order valence-electron chi connectivity index (χ3n) is 5.89. The van der Waals surface area contributed by atoms with Gasteiger partial charge < -0.3 is 4.74 Å². The predicted octanol–water partition coefficient (Wildman–Crippen LogP) is 5.52. The molecule has 35 heavy (non-hydrogen) atoms. The van der Waals surface area contributed by atoms with Gasteiger partial charge in [0.05, 0.1) is 29.8 Å². The Labute approximate surface area is 206 Å². The molecule has 4 aromatic rings. The molecule has 6 nitrogen and oxygen atoms in total. The van der Waals surface area contributed by atoms with Crippen LogP contribution in [0.1, 0.15) is 36.6 Å². The van der Waals surface area contributed by atoms with E-state index < -0.39 is 15.8 Å². The summed E-state index contributed by atoms with van der Waals surface area (Å²) in [4.78, 5) is 17.3. The van der Waals surface area contributed by atoms with Gasteiger partial charge in [-0.3, -0.25) is 9.36 Å². The Balaban J connectivity index is 2.10. The van der Waals surface area contributed by atoms with Crippen LogP contribution in [0.25, 0.3) is 17.1 Å². The fraction of sp³-hybridized carbons (Fsp3) is 0.214. The lowest BCUT2D eigenvalue weighted by atomic mass is 10.0. The Kier molecular flexibility index (Phi) is 6.89. The first-order chi connectivity index (χ1) is 16.7. The molecule has 0 saturated heterocycles. The standard InChI is InChI=1S/C28H28N2O4S/c1-19(2)23-12-8-9-13-24(23)30-25(18-26(31)34-4)28(29-27(30)21-10-6-5-7-11-21)35(32,33)22-16-14-20(3)15-17-22/h5-17,19H,18H2,1-4H3. The van der Waals surface area contributed by atoms with E-state index in [0.29, 0.717) is 5.82 Å². The fourth-order valence-electron chi connectivity index (χ4n) is 4.06. The number of carbonyl (C=O) groups excluding carboxylic acids is 1. The summed E-state index contributed by atoms with van der Waals surface area (Å²) >= 11 is 0. The molecule has 0 unspecified atom stereocenters. The molecule has 0 aliphatic carbocycles. The van der Waals surface area contributed by atoms with Crippen LogP contribution in [0.3, 0.4) is 0 Å². The van der Waals surface area contributed by atoms with Crippen molar-refractivity contribution in [1.82, 2.24) is 9.55 Å². The van der Waals surface area contributed by atoms with Gasteiger partial charge in [-0.1, -0.05) is 80.1 Å². The molecule has 0 aliphatic heterocycles. The minimum atomic E-state index is -4.03. The van der Waals surface area contributed by atoms with Crippen LogP contribution in [0.5, 0.6) is 0 Å². The molecular weight excluding hydrogens is 460 g/mol. The van der Waals surface area contributed by atoms with Gasteiger partial charge in [0.2, 0.25) is 9.84 Å². The van der Waals surface area contributed by atoms with Gasteiger partial charge in [0.15, 0.2) is 5.03 Å². The summed E-state index contributed by atoms with van der Waals surface area (Å²) < 4.78 is 34.5. The lowest BCUT2D eigenvalue weighted by Gasteiger charge is -2.18. The molecule has 0 atom stereocenters. The molecule has 1 heterocycles. The first kappa shape index (κ1) is 24.4. The number of carbonyl (C=O) groups is 1. The minimum absolute atomic E-state index is 0.121. The van der Waals surface area contributed by atoms with Crippen LogP contribution < -0.4 is 0 Å². The number of rotatable bonds is 7. The highest BCUT2D eigenvalue weighted by Crippen LogP contribution is 2.35. The summed E-state index contributed by atoms with van der Waals surface area (Å²) in [5.41, 5.74) is 3.73. The third kappa shape index (κ3) is 4.77. The van der Waals surface area contributed by atoms with Crippen molar-refractivity contribution in [2.24, 2.45) is 0 Å². The average molecular weight is 489 g/mol. The number of methoxy groups -OCH3 is 1. The SMILES string of the molecule is COC(=O)Cc1c(S(=O)(=O)c2ccc(C)cc2)nc(-c2ccccc2)n1-c1ccccc1C(C)C.